The first-order valence-electron chi connectivity index (χ1n) is 9.39. The maximum Gasteiger partial charge on any atom is 0.255 e. The number of carbonyl (C=O) groups excluding carboxylic acids is 1. The summed E-state index contributed by atoms with van der Waals surface area (Å²) in [5.41, 5.74) is 0.784. The third kappa shape index (κ3) is 6.56. The number of anilines is 1. The molecule has 7 heteroatoms. The van der Waals surface area contributed by atoms with Gasteiger partial charge >= 0.3 is 0 Å². The van der Waals surface area contributed by atoms with Gasteiger partial charge in [0.05, 0.1) is 28.9 Å². The molecule has 0 aromatic heterocycles. The normalized spacial score (nSPS) is 10.5. The van der Waals surface area contributed by atoms with Gasteiger partial charge in [0.25, 0.3) is 5.91 Å². The fourth-order valence-electron chi connectivity index (χ4n) is 2.65. The van der Waals surface area contributed by atoms with Gasteiger partial charge in [-0.2, -0.15) is 0 Å². The smallest absolute Gasteiger partial charge is 0.255 e. The molecular formula is C23H20Cl3NO3. The number of benzene rings is 3. The van der Waals surface area contributed by atoms with Crippen molar-refractivity contribution in [1.82, 2.24) is 0 Å². The molecular weight excluding hydrogens is 445 g/mol. The Morgan fingerprint density at radius 1 is 0.767 bits per heavy atom. The summed E-state index contributed by atoms with van der Waals surface area (Å²) in [6.45, 7) is 1.21. The van der Waals surface area contributed by atoms with Gasteiger partial charge in [-0.25, -0.2) is 0 Å². The summed E-state index contributed by atoms with van der Waals surface area (Å²) in [5.74, 6) is 1.23. The van der Waals surface area contributed by atoms with E-state index in [4.69, 9.17) is 44.3 Å². The molecule has 0 aliphatic carbocycles. The maximum atomic E-state index is 12.4. The first-order valence-corrected chi connectivity index (χ1v) is 10.5. The minimum absolute atomic E-state index is 0.275. The van der Waals surface area contributed by atoms with E-state index in [1.165, 1.54) is 12.1 Å². The number of unbranched alkanes of at least 4 members (excludes halogenated alkanes) is 1. The van der Waals surface area contributed by atoms with Crippen LogP contribution in [0.15, 0.2) is 66.7 Å². The van der Waals surface area contributed by atoms with Gasteiger partial charge in [0.15, 0.2) is 0 Å². The summed E-state index contributed by atoms with van der Waals surface area (Å²) in [6, 6.07) is 19.6. The zero-order valence-electron chi connectivity index (χ0n) is 16.0. The Morgan fingerprint density at radius 3 is 1.87 bits per heavy atom. The number of ether oxygens (including phenoxy) is 2. The van der Waals surface area contributed by atoms with Crippen LogP contribution in [0.5, 0.6) is 11.5 Å². The third-order valence-corrected chi connectivity index (χ3v) is 5.00. The lowest BCUT2D eigenvalue weighted by atomic mass is 10.2. The van der Waals surface area contributed by atoms with Gasteiger partial charge in [-0.05, 0) is 61.4 Å². The van der Waals surface area contributed by atoms with Crippen molar-refractivity contribution in [3.63, 3.8) is 0 Å². The van der Waals surface area contributed by atoms with E-state index in [9.17, 15) is 4.79 Å². The number of nitrogens with one attached hydrogen (secondary N) is 1. The predicted molar refractivity (Wildman–Crippen MR) is 123 cm³/mol. The minimum Gasteiger partial charge on any atom is -0.494 e. The highest BCUT2D eigenvalue weighted by atomic mass is 35.5. The number of carbonyl (C=O) groups is 1. The number of amides is 1. The number of halogens is 3. The Hall–Kier alpha value is -2.40. The summed E-state index contributed by atoms with van der Waals surface area (Å²) in [7, 11) is 0. The molecule has 1 amide bonds. The largest absolute Gasteiger partial charge is 0.494 e. The maximum absolute atomic E-state index is 12.4. The lowest BCUT2D eigenvalue weighted by Gasteiger charge is -2.11. The molecule has 0 bridgehead atoms. The second kappa shape index (κ2) is 11.1. The molecule has 0 atom stereocenters. The summed E-state index contributed by atoms with van der Waals surface area (Å²) in [5, 5.41) is 3.65. The molecule has 3 aromatic rings. The van der Waals surface area contributed by atoms with Crippen LogP contribution in [-0.2, 0) is 0 Å². The SMILES string of the molecule is O=C(Nc1c(Cl)cc(Cl)cc1Cl)c1ccc(OCCCCOc2ccccc2)cc1. The molecule has 0 unspecified atom stereocenters. The number of hydrogen-bond acceptors (Lipinski definition) is 3. The monoisotopic (exact) mass is 463 g/mol. The molecule has 0 radical (unpaired) electrons. The molecule has 3 rings (SSSR count). The van der Waals surface area contributed by atoms with Crippen molar-refractivity contribution in [2.45, 2.75) is 12.8 Å². The van der Waals surface area contributed by atoms with Crippen LogP contribution in [0.1, 0.15) is 23.2 Å². The van der Waals surface area contributed by atoms with E-state index in [2.05, 4.69) is 5.32 Å². The Morgan fingerprint density at radius 2 is 1.30 bits per heavy atom. The summed E-state index contributed by atoms with van der Waals surface area (Å²) >= 11 is 18.1. The molecule has 0 fully saturated rings. The van der Waals surface area contributed by atoms with Crippen LogP contribution in [0.4, 0.5) is 5.69 Å². The van der Waals surface area contributed by atoms with Gasteiger partial charge < -0.3 is 14.8 Å². The van der Waals surface area contributed by atoms with E-state index in [0.717, 1.165) is 18.6 Å². The minimum atomic E-state index is -0.328. The van der Waals surface area contributed by atoms with Gasteiger partial charge in [0.2, 0.25) is 0 Å². The molecule has 0 spiro atoms. The number of hydrogen-bond donors (Lipinski definition) is 1. The van der Waals surface area contributed by atoms with E-state index >= 15 is 0 Å². The Labute approximate surface area is 190 Å². The van der Waals surface area contributed by atoms with E-state index in [1.807, 2.05) is 30.3 Å². The molecule has 30 heavy (non-hydrogen) atoms. The van der Waals surface area contributed by atoms with Crippen LogP contribution in [0.25, 0.3) is 0 Å². The van der Waals surface area contributed by atoms with Crippen molar-refractivity contribution in [2.24, 2.45) is 0 Å². The van der Waals surface area contributed by atoms with E-state index in [-0.39, 0.29) is 16.0 Å². The van der Waals surface area contributed by atoms with Gasteiger partial charge in [-0.15, -0.1) is 0 Å². The second-order valence-electron chi connectivity index (χ2n) is 6.44. The molecule has 156 valence electrons. The molecule has 0 saturated carbocycles. The topological polar surface area (TPSA) is 47.6 Å². The van der Waals surface area contributed by atoms with Crippen LogP contribution >= 0.6 is 34.8 Å². The molecule has 0 aliphatic rings. The lowest BCUT2D eigenvalue weighted by Crippen LogP contribution is -2.12. The Kier molecular flexibility index (Phi) is 8.26. The zero-order valence-corrected chi connectivity index (χ0v) is 18.3. The van der Waals surface area contributed by atoms with Crippen molar-refractivity contribution in [1.29, 1.82) is 0 Å². The quantitative estimate of drug-likeness (QED) is 0.342. The van der Waals surface area contributed by atoms with Crippen molar-refractivity contribution in [2.75, 3.05) is 18.5 Å². The fourth-order valence-corrected chi connectivity index (χ4v) is 3.56. The average molecular weight is 465 g/mol. The van der Waals surface area contributed by atoms with Crippen LogP contribution in [-0.4, -0.2) is 19.1 Å². The van der Waals surface area contributed by atoms with Crippen LogP contribution < -0.4 is 14.8 Å². The zero-order chi connectivity index (χ0) is 21.3. The third-order valence-electron chi connectivity index (χ3n) is 4.18. The van der Waals surface area contributed by atoms with Crippen molar-refractivity contribution >= 4 is 46.4 Å². The molecule has 3 aromatic carbocycles. The molecule has 4 nitrogen and oxygen atoms in total. The Bertz CT molecular complexity index is 956. The van der Waals surface area contributed by atoms with Gasteiger partial charge in [-0.3, -0.25) is 4.79 Å². The summed E-state index contributed by atoms with van der Waals surface area (Å²) in [4.78, 5) is 12.4. The van der Waals surface area contributed by atoms with E-state index in [1.54, 1.807) is 24.3 Å². The lowest BCUT2D eigenvalue weighted by molar-refractivity contribution is 0.102. The molecule has 0 heterocycles. The molecule has 0 saturated heterocycles. The first kappa shape index (κ1) is 22.3. The fraction of sp³-hybridized carbons (Fsp3) is 0.174. The molecule has 1 N–H and O–H groups in total. The van der Waals surface area contributed by atoms with E-state index < -0.39 is 0 Å². The summed E-state index contributed by atoms with van der Waals surface area (Å²) in [6.07, 6.45) is 1.75. The van der Waals surface area contributed by atoms with Crippen LogP contribution in [0, 0.1) is 0 Å². The first-order chi connectivity index (χ1) is 14.5. The average Bonchev–Trinajstić information content (AvgIpc) is 2.74. The highest BCUT2D eigenvalue weighted by Gasteiger charge is 2.13. The van der Waals surface area contributed by atoms with Gasteiger partial charge in [0.1, 0.15) is 11.5 Å². The van der Waals surface area contributed by atoms with Crippen molar-refractivity contribution in [3.8, 4) is 11.5 Å². The highest BCUT2D eigenvalue weighted by Crippen LogP contribution is 2.34. The van der Waals surface area contributed by atoms with E-state index in [0.29, 0.717) is 35.2 Å². The van der Waals surface area contributed by atoms with Gasteiger partial charge in [-0.1, -0.05) is 53.0 Å². The van der Waals surface area contributed by atoms with Crippen molar-refractivity contribution in [3.05, 3.63) is 87.4 Å². The van der Waals surface area contributed by atoms with Crippen molar-refractivity contribution < 1.29 is 14.3 Å². The highest BCUT2D eigenvalue weighted by molar-refractivity contribution is 6.42. The number of para-hydroxylation sites is 1. The standard InChI is InChI=1S/C23H20Cl3NO3/c24-17-14-20(25)22(21(26)15-17)27-23(28)16-8-10-19(11-9-16)30-13-5-4-12-29-18-6-2-1-3-7-18/h1-3,6-11,14-15H,4-5,12-13H2,(H,27,28). The summed E-state index contributed by atoms with van der Waals surface area (Å²) < 4.78 is 11.4. The van der Waals surface area contributed by atoms with Gasteiger partial charge in [0, 0.05) is 10.6 Å². The Balaban J connectivity index is 1.43. The predicted octanol–water partition coefficient (Wildman–Crippen LogP) is 7.14. The van der Waals surface area contributed by atoms with Crippen LogP contribution in [0.3, 0.4) is 0 Å². The molecule has 0 aliphatic heterocycles. The van der Waals surface area contributed by atoms with Crippen LogP contribution in [0.2, 0.25) is 15.1 Å². The second-order valence-corrected chi connectivity index (χ2v) is 7.69. The number of rotatable bonds is 9.